The van der Waals surface area contributed by atoms with Crippen molar-refractivity contribution in [1.82, 2.24) is 20.4 Å². The molecule has 7 rings (SSSR count). The molecule has 5 aliphatic rings. The molecular formula is C23H27N5O3. The number of hydrogen-bond acceptors (Lipinski definition) is 7. The van der Waals surface area contributed by atoms with Gasteiger partial charge >= 0.3 is 0 Å². The van der Waals surface area contributed by atoms with Gasteiger partial charge in [-0.15, -0.1) is 0 Å². The number of carbonyl (C=O) groups excluding carboxylic acids is 1. The first kappa shape index (κ1) is 19.0. The van der Waals surface area contributed by atoms with Crippen LogP contribution in [0.3, 0.4) is 0 Å². The van der Waals surface area contributed by atoms with Crippen molar-refractivity contribution in [3.8, 4) is 11.5 Å². The molecule has 5 atom stereocenters. The standard InChI is InChI=1S/C23H27N5O3/c1-2-24-21(29)20-27-22(31-28-20)16-11-25-17-5-3-4-15(17)19(16)26-18-13-6-12-7-14(18)10-23(30,8-12)9-13/h3-4,11-14,18,30H,2,5-10H2,1H3,(H,24,29)(H,25,26)/t12?,13-,14+,18?,23?. The summed E-state index contributed by atoms with van der Waals surface area (Å²) in [5, 5.41) is 21.4. The number of rotatable bonds is 5. The van der Waals surface area contributed by atoms with E-state index in [9.17, 15) is 9.90 Å². The Bertz CT molecular complexity index is 1060. The Morgan fingerprint density at radius 3 is 2.84 bits per heavy atom. The van der Waals surface area contributed by atoms with E-state index >= 15 is 0 Å². The Morgan fingerprint density at radius 1 is 1.29 bits per heavy atom. The molecule has 3 unspecified atom stereocenters. The first-order chi connectivity index (χ1) is 15.0. The molecule has 1 amide bonds. The van der Waals surface area contributed by atoms with Crippen LogP contribution in [-0.4, -0.2) is 44.3 Å². The lowest BCUT2D eigenvalue weighted by molar-refractivity contribution is -0.129. The molecule has 162 valence electrons. The number of carbonyl (C=O) groups is 1. The highest BCUT2D eigenvalue weighted by molar-refractivity contribution is 5.91. The van der Waals surface area contributed by atoms with Gasteiger partial charge in [0.2, 0.25) is 0 Å². The Balaban J connectivity index is 1.36. The van der Waals surface area contributed by atoms with Gasteiger partial charge in [0.15, 0.2) is 0 Å². The number of nitrogens with zero attached hydrogens (tertiary/aromatic N) is 3. The van der Waals surface area contributed by atoms with E-state index in [-0.39, 0.29) is 11.7 Å². The summed E-state index contributed by atoms with van der Waals surface area (Å²) >= 11 is 0. The van der Waals surface area contributed by atoms with Gasteiger partial charge in [-0.3, -0.25) is 9.78 Å². The number of nitrogens with one attached hydrogen (secondary N) is 2. The number of aliphatic hydroxyl groups is 1. The van der Waals surface area contributed by atoms with Gasteiger partial charge in [0.1, 0.15) is 0 Å². The third-order valence-electron chi connectivity index (χ3n) is 7.54. The highest BCUT2D eigenvalue weighted by Gasteiger charge is 2.54. The third kappa shape index (κ3) is 3.07. The molecule has 0 radical (unpaired) electrons. The highest BCUT2D eigenvalue weighted by Crippen LogP contribution is 2.56. The number of pyridine rings is 1. The van der Waals surface area contributed by atoms with Crippen LogP contribution in [0, 0.1) is 17.8 Å². The molecule has 0 aromatic carbocycles. The number of hydrogen-bond donors (Lipinski definition) is 3. The largest absolute Gasteiger partial charge is 0.390 e. The van der Waals surface area contributed by atoms with E-state index in [1.165, 1.54) is 12.8 Å². The van der Waals surface area contributed by atoms with Gasteiger partial charge in [-0.25, -0.2) is 0 Å². The van der Waals surface area contributed by atoms with E-state index in [4.69, 9.17) is 4.52 Å². The molecule has 2 aromatic heterocycles. The summed E-state index contributed by atoms with van der Waals surface area (Å²) in [6.45, 7) is 2.34. The summed E-state index contributed by atoms with van der Waals surface area (Å²) < 4.78 is 5.48. The van der Waals surface area contributed by atoms with Crippen molar-refractivity contribution >= 4 is 17.7 Å². The average molecular weight is 422 g/mol. The molecule has 5 aliphatic carbocycles. The molecule has 4 bridgehead atoms. The summed E-state index contributed by atoms with van der Waals surface area (Å²) in [5.41, 5.74) is 3.29. The average Bonchev–Trinajstić information content (AvgIpc) is 3.39. The maximum absolute atomic E-state index is 12.1. The summed E-state index contributed by atoms with van der Waals surface area (Å²) in [5.74, 6) is 1.55. The second-order valence-electron chi connectivity index (χ2n) is 9.66. The minimum absolute atomic E-state index is 0.0238. The van der Waals surface area contributed by atoms with Crippen molar-refractivity contribution in [2.75, 3.05) is 11.9 Å². The first-order valence-electron chi connectivity index (χ1n) is 11.3. The van der Waals surface area contributed by atoms with E-state index in [1.54, 1.807) is 6.20 Å². The maximum atomic E-state index is 12.1. The lowest BCUT2D eigenvalue weighted by Crippen LogP contribution is -2.59. The van der Waals surface area contributed by atoms with Gasteiger partial charge < -0.3 is 20.3 Å². The fourth-order valence-corrected chi connectivity index (χ4v) is 6.56. The van der Waals surface area contributed by atoms with E-state index in [1.807, 2.05) is 6.92 Å². The van der Waals surface area contributed by atoms with Crippen LogP contribution in [0.4, 0.5) is 5.69 Å². The van der Waals surface area contributed by atoms with Gasteiger partial charge in [-0.2, -0.15) is 4.98 Å². The third-order valence-corrected chi connectivity index (χ3v) is 7.54. The quantitative estimate of drug-likeness (QED) is 0.680. The summed E-state index contributed by atoms with van der Waals surface area (Å²) in [6.07, 6.45) is 11.9. The second-order valence-corrected chi connectivity index (χ2v) is 9.66. The Labute approximate surface area is 180 Å². The number of fused-ring (bicyclic) bond motifs is 1. The van der Waals surface area contributed by atoms with Gasteiger partial charge in [0.05, 0.1) is 22.5 Å². The number of allylic oxidation sites excluding steroid dienone is 1. The van der Waals surface area contributed by atoms with Crippen LogP contribution >= 0.6 is 0 Å². The lowest BCUT2D eigenvalue weighted by atomic mass is 9.52. The molecule has 0 aliphatic heterocycles. The van der Waals surface area contributed by atoms with Crippen molar-refractivity contribution in [2.24, 2.45) is 17.8 Å². The Kier molecular flexibility index (Phi) is 4.21. The highest BCUT2D eigenvalue weighted by atomic mass is 16.5. The van der Waals surface area contributed by atoms with Crippen LogP contribution in [0.15, 0.2) is 16.8 Å². The molecule has 2 aromatic rings. The second kappa shape index (κ2) is 6.88. The fourth-order valence-electron chi connectivity index (χ4n) is 6.56. The number of amides is 1. The van der Waals surface area contributed by atoms with Crippen LogP contribution in [0.25, 0.3) is 17.5 Å². The zero-order valence-corrected chi connectivity index (χ0v) is 17.6. The van der Waals surface area contributed by atoms with E-state index in [2.05, 4.69) is 37.9 Å². The van der Waals surface area contributed by atoms with Crippen molar-refractivity contribution < 1.29 is 14.4 Å². The zero-order chi connectivity index (χ0) is 21.2. The molecule has 31 heavy (non-hydrogen) atoms. The van der Waals surface area contributed by atoms with Crippen LogP contribution < -0.4 is 10.6 Å². The Hall–Kier alpha value is -2.74. The summed E-state index contributed by atoms with van der Waals surface area (Å²) in [7, 11) is 0. The molecule has 4 saturated carbocycles. The monoisotopic (exact) mass is 421 g/mol. The summed E-state index contributed by atoms with van der Waals surface area (Å²) in [4.78, 5) is 21.1. The molecule has 0 spiro atoms. The minimum Gasteiger partial charge on any atom is -0.390 e. The van der Waals surface area contributed by atoms with Gasteiger partial charge in [0.25, 0.3) is 17.6 Å². The predicted molar refractivity (Wildman–Crippen MR) is 114 cm³/mol. The van der Waals surface area contributed by atoms with Gasteiger partial charge in [-0.05, 0) is 56.8 Å². The van der Waals surface area contributed by atoms with Crippen LogP contribution in [-0.2, 0) is 6.42 Å². The van der Waals surface area contributed by atoms with Crippen LogP contribution in [0.2, 0.25) is 0 Å². The minimum atomic E-state index is -0.467. The fraction of sp³-hybridized carbons (Fsp3) is 0.565. The normalized spacial score (nSPS) is 32.3. The molecule has 3 N–H and O–H groups in total. The SMILES string of the molecule is CCNC(=O)c1noc(-c2cnc3c(c2NC2[C@@H]4CC5C[C@H]2CC(O)(C5)C4)C=CC3)n1. The van der Waals surface area contributed by atoms with E-state index in [0.717, 1.165) is 48.2 Å². The molecule has 8 nitrogen and oxygen atoms in total. The van der Waals surface area contributed by atoms with Crippen LogP contribution in [0.1, 0.15) is 60.9 Å². The van der Waals surface area contributed by atoms with Gasteiger partial charge in [0, 0.05) is 30.8 Å². The smallest absolute Gasteiger partial charge is 0.292 e. The van der Waals surface area contributed by atoms with E-state index < -0.39 is 5.60 Å². The maximum Gasteiger partial charge on any atom is 0.292 e. The number of aromatic nitrogens is 3. The number of anilines is 1. The molecule has 8 heteroatoms. The molecule has 2 heterocycles. The van der Waals surface area contributed by atoms with Crippen LogP contribution in [0.5, 0.6) is 0 Å². The first-order valence-corrected chi connectivity index (χ1v) is 11.3. The predicted octanol–water partition coefficient (Wildman–Crippen LogP) is 2.80. The lowest BCUT2D eigenvalue weighted by Gasteiger charge is -2.58. The van der Waals surface area contributed by atoms with E-state index in [0.29, 0.717) is 36.2 Å². The molecule has 4 fully saturated rings. The summed E-state index contributed by atoms with van der Waals surface area (Å²) in [6, 6.07) is 0.307. The topological polar surface area (TPSA) is 113 Å². The van der Waals surface area contributed by atoms with Crippen molar-refractivity contribution in [2.45, 2.75) is 57.1 Å². The Morgan fingerprint density at radius 2 is 2.10 bits per heavy atom. The van der Waals surface area contributed by atoms with Crippen molar-refractivity contribution in [3.63, 3.8) is 0 Å². The van der Waals surface area contributed by atoms with Gasteiger partial charge in [-0.1, -0.05) is 17.3 Å². The van der Waals surface area contributed by atoms with Crippen molar-refractivity contribution in [3.05, 3.63) is 29.4 Å². The molecular weight excluding hydrogens is 394 g/mol. The zero-order valence-electron chi connectivity index (χ0n) is 17.6. The van der Waals surface area contributed by atoms with Crippen molar-refractivity contribution in [1.29, 1.82) is 0 Å². The molecule has 0 saturated heterocycles.